The average molecular weight is 331 g/mol. The van der Waals surface area contributed by atoms with E-state index in [2.05, 4.69) is 0 Å². The van der Waals surface area contributed by atoms with Gasteiger partial charge in [0.1, 0.15) is 6.04 Å². The van der Waals surface area contributed by atoms with Crippen molar-refractivity contribution >= 4 is 17.7 Å². The molecule has 1 heterocycles. The van der Waals surface area contributed by atoms with Crippen LogP contribution in [0.1, 0.15) is 42.6 Å². The first-order valence-electron chi connectivity index (χ1n) is 8.24. The van der Waals surface area contributed by atoms with Crippen LogP contribution in [0, 0.1) is 5.92 Å². The fraction of sp³-hybridized carbons (Fsp3) is 0.500. The van der Waals surface area contributed by atoms with Crippen molar-refractivity contribution in [2.24, 2.45) is 11.7 Å². The summed E-state index contributed by atoms with van der Waals surface area (Å²) in [5.41, 5.74) is 6.58. The van der Waals surface area contributed by atoms with Crippen molar-refractivity contribution in [1.29, 1.82) is 0 Å². The molecule has 1 aliphatic heterocycles. The molecule has 0 saturated carbocycles. The number of primary amides is 1. The minimum absolute atomic E-state index is 0.0548. The van der Waals surface area contributed by atoms with Crippen LogP contribution in [0.4, 0.5) is 0 Å². The Morgan fingerprint density at radius 2 is 1.88 bits per heavy atom. The lowest BCUT2D eigenvalue weighted by Crippen LogP contribution is -2.50. The number of carbonyl (C=O) groups excluding carboxylic acids is 3. The maximum atomic E-state index is 12.9. The van der Waals surface area contributed by atoms with Crippen LogP contribution in [0.15, 0.2) is 24.3 Å². The summed E-state index contributed by atoms with van der Waals surface area (Å²) in [7, 11) is 1.74. The van der Waals surface area contributed by atoms with Gasteiger partial charge in [-0.15, -0.1) is 0 Å². The van der Waals surface area contributed by atoms with Crippen molar-refractivity contribution in [3.8, 4) is 0 Å². The second-order valence-corrected chi connectivity index (χ2v) is 6.64. The third-order valence-electron chi connectivity index (χ3n) is 4.36. The van der Waals surface area contributed by atoms with E-state index >= 15 is 0 Å². The molecule has 24 heavy (non-hydrogen) atoms. The van der Waals surface area contributed by atoms with Crippen LogP contribution in [0.2, 0.25) is 0 Å². The van der Waals surface area contributed by atoms with E-state index in [1.807, 2.05) is 13.8 Å². The van der Waals surface area contributed by atoms with Gasteiger partial charge in [-0.3, -0.25) is 14.4 Å². The fourth-order valence-electron chi connectivity index (χ4n) is 3.09. The van der Waals surface area contributed by atoms with E-state index in [4.69, 9.17) is 5.73 Å². The lowest BCUT2D eigenvalue weighted by Gasteiger charge is -2.33. The summed E-state index contributed by atoms with van der Waals surface area (Å²) in [5, 5.41) is 0. The Kier molecular flexibility index (Phi) is 5.59. The molecule has 0 unspecified atom stereocenters. The zero-order valence-corrected chi connectivity index (χ0v) is 14.5. The standard InChI is InChI=1S/C18H25N3O3/c1-12(2)16(21-10-4-5-15(21)22)18(24)20(3)11-13-6-8-14(9-7-13)17(19)23/h6-9,12,16H,4-5,10-11H2,1-3H3,(H2,19,23)/t16-/m0/s1. The van der Waals surface area contributed by atoms with Gasteiger partial charge < -0.3 is 15.5 Å². The molecule has 2 rings (SSSR count). The summed E-state index contributed by atoms with van der Waals surface area (Å²) >= 11 is 0. The van der Waals surface area contributed by atoms with Crippen LogP contribution in [-0.4, -0.2) is 47.2 Å². The van der Waals surface area contributed by atoms with Crippen molar-refractivity contribution < 1.29 is 14.4 Å². The molecule has 130 valence electrons. The Bertz CT molecular complexity index is 625. The number of hydrogen-bond donors (Lipinski definition) is 1. The van der Waals surface area contributed by atoms with E-state index in [0.717, 1.165) is 12.0 Å². The molecule has 0 radical (unpaired) electrons. The smallest absolute Gasteiger partial charge is 0.248 e. The summed E-state index contributed by atoms with van der Waals surface area (Å²) in [6, 6.07) is 6.46. The highest BCUT2D eigenvalue weighted by Crippen LogP contribution is 2.21. The minimum atomic E-state index is -0.474. The molecule has 2 N–H and O–H groups in total. The van der Waals surface area contributed by atoms with E-state index < -0.39 is 11.9 Å². The first-order valence-corrected chi connectivity index (χ1v) is 8.24. The summed E-state index contributed by atoms with van der Waals surface area (Å²) in [5.74, 6) is -0.418. The van der Waals surface area contributed by atoms with E-state index in [0.29, 0.717) is 25.1 Å². The molecule has 0 bridgehead atoms. The van der Waals surface area contributed by atoms with Crippen molar-refractivity contribution in [2.75, 3.05) is 13.6 Å². The number of hydrogen-bond acceptors (Lipinski definition) is 3. The molecule has 0 aliphatic carbocycles. The molecule has 1 aromatic carbocycles. The fourth-order valence-corrected chi connectivity index (χ4v) is 3.09. The van der Waals surface area contributed by atoms with Crippen LogP contribution in [-0.2, 0) is 16.1 Å². The maximum Gasteiger partial charge on any atom is 0.248 e. The van der Waals surface area contributed by atoms with E-state index in [-0.39, 0.29) is 17.7 Å². The molecular weight excluding hydrogens is 306 g/mol. The Morgan fingerprint density at radius 3 is 2.33 bits per heavy atom. The molecule has 1 aliphatic rings. The third-order valence-corrected chi connectivity index (χ3v) is 4.36. The minimum Gasteiger partial charge on any atom is -0.366 e. The summed E-state index contributed by atoms with van der Waals surface area (Å²) < 4.78 is 0. The quantitative estimate of drug-likeness (QED) is 0.855. The van der Waals surface area contributed by atoms with Crippen molar-refractivity contribution in [1.82, 2.24) is 9.80 Å². The van der Waals surface area contributed by atoms with E-state index in [9.17, 15) is 14.4 Å². The third kappa shape index (κ3) is 3.93. The van der Waals surface area contributed by atoms with E-state index in [1.54, 1.807) is 41.1 Å². The number of likely N-dealkylation sites (N-methyl/N-ethyl adjacent to an activating group) is 1. The predicted molar refractivity (Wildman–Crippen MR) is 91.0 cm³/mol. The second kappa shape index (κ2) is 7.47. The second-order valence-electron chi connectivity index (χ2n) is 6.64. The van der Waals surface area contributed by atoms with Gasteiger partial charge in [0.05, 0.1) is 0 Å². The SMILES string of the molecule is CC(C)[C@@H](C(=O)N(C)Cc1ccc(C(N)=O)cc1)N1CCCC1=O. The normalized spacial score (nSPS) is 15.7. The molecule has 0 spiro atoms. The van der Waals surface area contributed by atoms with Gasteiger partial charge in [-0.05, 0) is 30.0 Å². The average Bonchev–Trinajstić information content (AvgIpc) is 2.93. The van der Waals surface area contributed by atoms with Gasteiger partial charge in [0.15, 0.2) is 0 Å². The predicted octanol–water partition coefficient (Wildman–Crippen LogP) is 1.39. The Hall–Kier alpha value is -2.37. The van der Waals surface area contributed by atoms with Gasteiger partial charge in [0.2, 0.25) is 17.7 Å². The topological polar surface area (TPSA) is 83.7 Å². The number of nitrogens with zero attached hydrogens (tertiary/aromatic N) is 2. The number of benzene rings is 1. The Labute approximate surface area is 142 Å². The van der Waals surface area contributed by atoms with Crippen LogP contribution >= 0.6 is 0 Å². The van der Waals surface area contributed by atoms with Crippen LogP contribution in [0.5, 0.6) is 0 Å². The zero-order valence-electron chi connectivity index (χ0n) is 14.5. The highest BCUT2D eigenvalue weighted by Gasteiger charge is 2.36. The number of carbonyl (C=O) groups is 3. The largest absolute Gasteiger partial charge is 0.366 e. The van der Waals surface area contributed by atoms with Crippen LogP contribution in [0.3, 0.4) is 0 Å². The number of likely N-dealkylation sites (tertiary alicyclic amines) is 1. The van der Waals surface area contributed by atoms with Crippen molar-refractivity contribution in [3.63, 3.8) is 0 Å². The monoisotopic (exact) mass is 331 g/mol. The molecule has 6 nitrogen and oxygen atoms in total. The van der Waals surface area contributed by atoms with Crippen molar-refractivity contribution in [3.05, 3.63) is 35.4 Å². The van der Waals surface area contributed by atoms with E-state index in [1.165, 1.54) is 0 Å². The molecule has 1 fully saturated rings. The Morgan fingerprint density at radius 1 is 1.25 bits per heavy atom. The van der Waals surface area contributed by atoms with Gasteiger partial charge in [-0.25, -0.2) is 0 Å². The molecule has 1 saturated heterocycles. The first-order chi connectivity index (χ1) is 11.3. The van der Waals surface area contributed by atoms with Crippen LogP contribution < -0.4 is 5.73 Å². The number of amides is 3. The van der Waals surface area contributed by atoms with Gasteiger partial charge in [-0.2, -0.15) is 0 Å². The lowest BCUT2D eigenvalue weighted by atomic mass is 10.0. The van der Waals surface area contributed by atoms with Gasteiger partial charge in [0, 0.05) is 32.1 Å². The van der Waals surface area contributed by atoms with Crippen molar-refractivity contribution in [2.45, 2.75) is 39.3 Å². The van der Waals surface area contributed by atoms with Crippen LogP contribution in [0.25, 0.3) is 0 Å². The molecule has 3 amide bonds. The number of rotatable bonds is 6. The van der Waals surface area contributed by atoms with Gasteiger partial charge >= 0.3 is 0 Å². The zero-order chi connectivity index (χ0) is 17.9. The van der Waals surface area contributed by atoms with Gasteiger partial charge in [-0.1, -0.05) is 26.0 Å². The summed E-state index contributed by atoms with van der Waals surface area (Å²) in [6.45, 7) is 4.99. The molecule has 0 aromatic heterocycles. The molecule has 1 atom stereocenters. The molecule has 1 aromatic rings. The lowest BCUT2D eigenvalue weighted by molar-refractivity contribution is -0.144. The highest BCUT2D eigenvalue weighted by molar-refractivity contribution is 5.92. The Balaban J connectivity index is 2.08. The first kappa shape index (κ1) is 18.0. The summed E-state index contributed by atoms with van der Waals surface area (Å²) in [6.07, 6.45) is 1.34. The molecule has 6 heteroatoms. The highest BCUT2D eigenvalue weighted by atomic mass is 16.2. The van der Waals surface area contributed by atoms with Gasteiger partial charge in [0.25, 0.3) is 0 Å². The maximum absolute atomic E-state index is 12.9. The number of nitrogens with two attached hydrogens (primary N) is 1. The summed E-state index contributed by atoms with van der Waals surface area (Å²) in [4.78, 5) is 39.3. The molecular formula is C18H25N3O3.